The van der Waals surface area contributed by atoms with Crippen molar-refractivity contribution in [2.45, 2.75) is 32.6 Å². The summed E-state index contributed by atoms with van der Waals surface area (Å²) < 4.78 is 18.3. The number of benzene rings is 2. The molecule has 4 nitrogen and oxygen atoms in total. The van der Waals surface area contributed by atoms with Crippen molar-refractivity contribution >= 4 is 11.6 Å². The number of carbonyl (C=O) groups excluding carboxylic acids is 1. The highest BCUT2D eigenvalue weighted by Crippen LogP contribution is 2.23. The highest BCUT2D eigenvalue weighted by atomic mass is 19.1. The van der Waals surface area contributed by atoms with Crippen LogP contribution in [0.4, 0.5) is 10.1 Å². The molecule has 0 N–H and O–H groups in total. The summed E-state index contributed by atoms with van der Waals surface area (Å²) >= 11 is 0. The smallest absolute Gasteiger partial charge is 0.226 e. The predicted octanol–water partition coefficient (Wildman–Crippen LogP) is 4.53. The van der Waals surface area contributed by atoms with E-state index in [0.29, 0.717) is 18.9 Å². The number of amides is 1. The first-order valence-corrected chi connectivity index (χ1v) is 10.5. The first-order chi connectivity index (χ1) is 14.1. The number of methoxy groups -OCH3 is 1. The molecule has 1 fully saturated rings. The molecule has 2 aromatic carbocycles. The Morgan fingerprint density at radius 1 is 1.10 bits per heavy atom. The van der Waals surface area contributed by atoms with E-state index in [-0.39, 0.29) is 11.7 Å². The lowest BCUT2D eigenvalue weighted by Crippen LogP contribution is -2.42. The largest absolute Gasteiger partial charge is 0.497 e. The van der Waals surface area contributed by atoms with Gasteiger partial charge >= 0.3 is 0 Å². The molecule has 1 aliphatic rings. The van der Waals surface area contributed by atoms with Gasteiger partial charge in [0.1, 0.15) is 11.6 Å². The highest BCUT2D eigenvalue weighted by molar-refractivity contribution is 5.93. The fourth-order valence-electron chi connectivity index (χ4n) is 3.96. The van der Waals surface area contributed by atoms with Gasteiger partial charge in [-0.05, 0) is 80.2 Å². The lowest BCUT2D eigenvalue weighted by atomic mass is 9.90. The van der Waals surface area contributed by atoms with E-state index in [1.54, 1.807) is 19.2 Å². The maximum absolute atomic E-state index is 13.1. The Morgan fingerprint density at radius 3 is 2.34 bits per heavy atom. The topological polar surface area (TPSA) is 32.8 Å². The third-order valence-electron chi connectivity index (χ3n) is 5.77. The van der Waals surface area contributed by atoms with Crippen LogP contribution in [0.2, 0.25) is 0 Å². The van der Waals surface area contributed by atoms with Gasteiger partial charge in [-0.3, -0.25) is 4.79 Å². The van der Waals surface area contributed by atoms with E-state index in [0.717, 1.165) is 50.3 Å². The molecule has 0 aliphatic carbocycles. The zero-order valence-corrected chi connectivity index (χ0v) is 17.4. The van der Waals surface area contributed by atoms with E-state index in [9.17, 15) is 9.18 Å². The van der Waals surface area contributed by atoms with Crippen molar-refractivity contribution in [2.75, 3.05) is 38.2 Å². The number of rotatable bonds is 8. The summed E-state index contributed by atoms with van der Waals surface area (Å²) in [6.45, 7) is 5.56. The molecule has 1 aliphatic heterocycles. The second-order valence-corrected chi connectivity index (χ2v) is 7.71. The number of halogens is 1. The average molecular weight is 399 g/mol. The van der Waals surface area contributed by atoms with Crippen molar-refractivity contribution in [3.8, 4) is 5.75 Å². The van der Waals surface area contributed by atoms with Gasteiger partial charge in [-0.2, -0.15) is 0 Å². The summed E-state index contributed by atoms with van der Waals surface area (Å²) in [5.74, 6) is 1.40. The zero-order chi connectivity index (χ0) is 20.6. The molecule has 0 atom stereocenters. The van der Waals surface area contributed by atoms with Crippen LogP contribution >= 0.6 is 0 Å². The van der Waals surface area contributed by atoms with Gasteiger partial charge in [-0.15, -0.1) is 0 Å². The van der Waals surface area contributed by atoms with E-state index in [2.05, 4.69) is 4.90 Å². The fourth-order valence-corrected chi connectivity index (χ4v) is 3.96. The van der Waals surface area contributed by atoms with Gasteiger partial charge in [0.25, 0.3) is 0 Å². The zero-order valence-electron chi connectivity index (χ0n) is 17.4. The Bertz CT molecular complexity index is 768. The molecule has 0 spiro atoms. The van der Waals surface area contributed by atoms with Crippen molar-refractivity contribution in [3.63, 3.8) is 0 Å². The maximum atomic E-state index is 13.1. The molecule has 3 rings (SSSR count). The summed E-state index contributed by atoms with van der Waals surface area (Å²) in [6, 6.07) is 14.6. The Morgan fingerprint density at radius 2 is 1.76 bits per heavy atom. The lowest BCUT2D eigenvalue weighted by Gasteiger charge is -2.33. The maximum Gasteiger partial charge on any atom is 0.226 e. The normalized spacial score (nSPS) is 15.3. The molecule has 0 unspecified atom stereocenters. The average Bonchev–Trinajstić information content (AvgIpc) is 2.76. The molecule has 29 heavy (non-hydrogen) atoms. The molecule has 0 saturated carbocycles. The van der Waals surface area contributed by atoms with Gasteiger partial charge in [0.15, 0.2) is 0 Å². The minimum atomic E-state index is -0.174. The van der Waals surface area contributed by atoms with Gasteiger partial charge in [0.2, 0.25) is 5.91 Å². The van der Waals surface area contributed by atoms with Gasteiger partial charge in [-0.25, -0.2) is 4.39 Å². The minimum Gasteiger partial charge on any atom is -0.497 e. The number of hydrogen-bond donors (Lipinski definition) is 0. The van der Waals surface area contributed by atoms with Gasteiger partial charge in [0.05, 0.1) is 7.11 Å². The van der Waals surface area contributed by atoms with Crippen molar-refractivity contribution in [3.05, 3.63) is 59.9 Å². The number of likely N-dealkylation sites (tertiary alicyclic amines) is 1. The first-order valence-electron chi connectivity index (χ1n) is 10.5. The number of carbonyl (C=O) groups is 1. The molecular weight excluding hydrogens is 367 g/mol. The Balaban J connectivity index is 1.50. The van der Waals surface area contributed by atoms with Crippen molar-refractivity contribution in [1.82, 2.24) is 4.90 Å². The quantitative estimate of drug-likeness (QED) is 0.655. The van der Waals surface area contributed by atoms with Crippen LogP contribution in [-0.4, -0.2) is 44.1 Å². The molecule has 2 aromatic rings. The van der Waals surface area contributed by atoms with Crippen LogP contribution in [0.3, 0.4) is 0 Å². The van der Waals surface area contributed by atoms with Crippen molar-refractivity contribution in [2.24, 2.45) is 5.92 Å². The number of nitrogens with zero attached hydrogens (tertiary/aromatic N) is 2. The molecular formula is C24H31FN2O2. The second-order valence-electron chi connectivity index (χ2n) is 7.71. The third kappa shape index (κ3) is 6.04. The molecule has 1 heterocycles. The summed E-state index contributed by atoms with van der Waals surface area (Å²) in [6.07, 6.45) is 3.79. The predicted molar refractivity (Wildman–Crippen MR) is 115 cm³/mol. The number of ether oxygens (including phenoxy) is 1. The number of hydrogen-bond acceptors (Lipinski definition) is 3. The summed E-state index contributed by atoms with van der Waals surface area (Å²) in [4.78, 5) is 16.8. The molecule has 0 aromatic heterocycles. The van der Waals surface area contributed by atoms with E-state index < -0.39 is 0 Å². The standard InChI is InChI=1S/C24H31FN2O2/c1-3-24(28)27(22-8-10-23(29-2)11-9-22)17-16-26-14-12-20(13-15-26)18-19-4-6-21(25)7-5-19/h4-11,20H,3,12-18H2,1-2H3. The van der Waals surface area contributed by atoms with E-state index in [1.807, 2.05) is 48.2 Å². The highest BCUT2D eigenvalue weighted by Gasteiger charge is 2.21. The monoisotopic (exact) mass is 398 g/mol. The molecule has 0 bridgehead atoms. The fraction of sp³-hybridized carbons (Fsp3) is 0.458. The molecule has 5 heteroatoms. The van der Waals surface area contributed by atoms with Gasteiger partial charge < -0.3 is 14.5 Å². The Labute approximate surface area is 173 Å². The van der Waals surface area contributed by atoms with E-state index >= 15 is 0 Å². The van der Waals surface area contributed by atoms with Crippen LogP contribution in [0.15, 0.2) is 48.5 Å². The SMILES string of the molecule is CCC(=O)N(CCN1CCC(Cc2ccc(F)cc2)CC1)c1ccc(OC)cc1. The van der Waals surface area contributed by atoms with E-state index in [4.69, 9.17) is 4.74 Å². The number of piperidine rings is 1. The lowest BCUT2D eigenvalue weighted by molar-refractivity contribution is -0.118. The van der Waals surface area contributed by atoms with Crippen molar-refractivity contribution < 1.29 is 13.9 Å². The molecule has 156 valence electrons. The number of anilines is 1. The third-order valence-corrected chi connectivity index (χ3v) is 5.77. The summed E-state index contributed by atoms with van der Waals surface area (Å²) in [7, 11) is 1.64. The van der Waals surface area contributed by atoms with Crippen LogP contribution in [0, 0.1) is 11.7 Å². The van der Waals surface area contributed by atoms with Gasteiger partial charge in [-0.1, -0.05) is 19.1 Å². The van der Waals surface area contributed by atoms with Crippen LogP contribution in [0.25, 0.3) is 0 Å². The Hall–Kier alpha value is -2.40. The van der Waals surface area contributed by atoms with Crippen LogP contribution in [0.1, 0.15) is 31.7 Å². The minimum absolute atomic E-state index is 0.140. The van der Waals surface area contributed by atoms with Crippen LogP contribution in [-0.2, 0) is 11.2 Å². The molecule has 1 amide bonds. The first kappa shape index (κ1) is 21.3. The van der Waals surface area contributed by atoms with Crippen LogP contribution < -0.4 is 9.64 Å². The van der Waals surface area contributed by atoms with Crippen LogP contribution in [0.5, 0.6) is 5.75 Å². The van der Waals surface area contributed by atoms with E-state index in [1.165, 1.54) is 5.56 Å². The molecule has 0 radical (unpaired) electrons. The summed E-state index contributed by atoms with van der Waals surface area (Å²) in [5.41, 5.74) is 2.13. The van der Waals surface area contributed by atoms with Gasteiger partial charge in [0, 0.05) is 25.2 Å². The summed E-state index contributed by atoms with van der Waals surface area (Å²) in [5, 5.41) is 0. The van der Waals surface area contributed by atoms with Crippen molar-refractivity contribution in [1.29, 1.82) is 0 Å². The second kappa shape index (κ2) is 10.4. The molecule has 1 saturated heterocycles. The Kier molecular flexibility index (Phi) is 7.64.